The van der Waals surface area contributed by atoms with Gasteiger partial charge in [-0.05, 0) is 50.2 Å². The molecule has 10 heteroatoms. The smallest absolute Gasteiger partial charge is 0.318 e. The Morgan fingerprint density at radius 2 is 1.88 bits per heavy atom. The molecule has 3 N–H and O–H groups in total. The zero-order valence-corrected chi connectivity index (χ0v) is 18.1. The molecule has 0 radical (unpaired) electrons. The molecule has 2 aromatic heterocycles. The van der Waals surface area contributed by atoms with Crippen LogP contribution in [0.3, 0.4) is 0 Å². The summed E-state index contributed by atoms with van der Waals surface area (Å²) >= 11 is 0. The molecule has 5 rings (SSSR count). The first-order valence-corrected chi connectivity index (χ1v) is 11.0. The minimum atomic E-state index is -0.263. The van der Waals surface area contributed by atoms with Gasteiger partial charge in [0.1, 0.15) is 11.2 Å². The number of ether oxygens (including phenoxy) is 1. The second-order valence-electron chi connectivity index (χ2n) is 8.02. The number of fused-ring (bicyclic) bond motifs is 1. The molecule has 0 atom stereocenters. The average Bonchev–Trinajstić information content (AvgIpc) is 3.29. The van der Waals surface area contributed by atoms with Gasteiger partial charge in [-0.15, -0.1) is 0 Å². The lowest BCUT2D eigenvalue weighted by atomic mass is 9.94. The zero-order chi connectivity index (χ0) is 21.9. The molecule has 0 bridgehead atoms. The number of hydrogen-bond donors (Lipinski definition) is 3. The molecule has 1 aromatic carbocycles. The molecular formula is C22H27N7O3. The SMILES string of the molecule is CNC(=O)Nc1ccc(-c2nc(N3CCOCC3)c3onc(C4CCNCC4)c3n2)cc1. The fraction of sp³-hybridized carbons (Fsp3) is 0.455. The van der Waals surface area contributed by atoms with Crippen LogP contribution >= 0.6 is 0 Å². The third-order valence-corrected chi connectivity index (χ3v) is 5.99. The molecule has 0 spiro atoms. The van der Waals surface area contributed by atoms with Crippen LogP contribution in [0, 0.1) is 0 Å². The number of benzene rings is 1. The van der Waals surface area contributed by atoms with Gasteiger partial charge < -0.3 is 30.1 Å². The number of amides is 2. The number of anilines is 2. The molecule has 2 fully saturated rings. The van der Waals surface area contributed by atoms with Crippen molar-refractivity contribution in [1.82, 2.24) is 25.8 Å². The van der Waals surface area contributed by atoms with Gasteiger partial charge in [-0.1, -0.05) is 5.16 Å². The highest BCUT2D eigenvalue weighted by Gasteiger charge is 2.27. The van der Waals surface area contributed by atoms with E-state index in [1.165, 1.54) is 0 Å². The molecule has 2 aliphatic rings. The Morgan fingerprint density at radius 3 is 2.59 bits per heavy atom. The summed E-state index contributed by atoms with van der Waals surface area (Å²) < 4.78 is 11.3. The number of aromatic nitrogens is 3. The third kappa shape index (κ3) is 4.11. The molecule has 0 saturated carbocycles. The molecule has 168 valence electrons. The first-order chi connectivity index (χ1) is 15.7. The normalized spacial score (nSPS) is 17.5. The molecule has 10 nitrogen and oxygen atoms in total. The van der Waals surface area contributed by atoms with Gasteiger partial charge >= 0.3 is 6.03 Å². The van der Waals surface area contributed by atoms with Crippen LogP contribution in [0.25, 0.3) is 22.5 Å². The number of urea groups is 1. The molecule has 2 aliphatic heterocycles. The van der Waals surface area contributed by atoms with Gasteiger partial charge in [0, 0.05) is 37.3 Å². The highest BCUT2D eigenvalue weighted by atomic mass is 16.5. The summed E-state index contributed by atoms with van der Waals surface area (Å²) in [7, 11) is 1.58. The standard InChI is InChI=1S/C22H27N7O3/c1-23-22(30)25-16-4-2-15(3-5-16)20-26-18-17(14-6-8-24-9-7-14)28-32-19(18)21(27-20)29-10-12-31-13-11-29/h2-5,14,24H,6-13H2,1H3,(H2,23,25,30). The molecule has 2 amide bonds. The minimum absolute atomic E-state index is 0.263. The Kier molecular flexibility index (Phi) is 5.87. The Bertz CT molecular complexity index is 1090. The number of carbonyl (C=O) groups is 1. The highest BCUT2D eigenvalue weighted by Crippen LogP contribution is 2.35. The Labute approximate surface area is 185 Å². The molecular weight excluding hydrogens is 410 g/mol. The lowest BCUT2D eigenvalue weighted by Gasteiger charge is -2.27. The Hall–Kier alpha value is -3.24. The van der Waals surface area contributed by atoms with Crippen molar-refractivity contribution in [1.29, 1.82) is 0 Å². The summed E-state index contributed by atoms with van der Waals surface area (Å²) in [4.78, 5) is 23.5. The number of hydrogen-bond acceptors (Lipinski definition) is 8. The van der Waals surface area contributed by atoms with E-state index in [2.05, 4.69) is 26.0 Å². The van der Waals surface area contributed by atoms with Crippen molar-refractivity contribution in [2.45, 2.75) is 18.8 Å². The molecule has 32 heavy (non-hydrogen) atoms. The summed E-state index contributed by atoms with van der Waals surface area (Å²) in [6, 6.07) is 7.24. The maximum Gasteiger partial charge on any atom is 0.318 e. The van der Waals surface area contributed by atoms with Gasteiger partial charge in [-0.3, -0.25) is 0 Å². The largest absolute Gasteiger partial charge is 0.378 e. The predicted molar refractivity (Wildman–Crippen MR) is 121 cm³/mol. The van der Waals surface area contributed by atoms with E-state index in [0.29, 0.717) is 36.2 Å². The van der Waals surface area contributed by atoms with E-state index in [9.17, 15) is 4.79 Å². The van der Waals surface area contributed by atoms with Crippen molar-refractivity contribution < 1.29 is 14.1 Å². The molecule has 3 aromatic rings. The van der Waals surface area contributed by atoms with Crippen molar-refractivity contribution in [3.8, 4) is 11.4 Å². The summed E-state index contributed by atoms with van der Waals surface area (Å²) in [6.07, 6.45) is 2.02. The van der Waals surface area contributed by atoms with Crippen LogP contribution < -0.4 is 20.9 Å². The van der Waals surface area contributed by atoms with E-state index in [4.69, 9.17) is 19.2 Å². The summed E-state index contributed by atoms with van der Waals surface area (Å²) in [5, 5.41) is 13.2. The third-order valence-electron chi connectivity index (χ3n) is 5.99. The van der Waals surface area contributed by atoms with Crippen molar-refractivity contribution in [2.24, 2.45) is 0 Å². The minimum Gasteiger partial charge on any atom is -0.378 e. The van der Waals surface area contributed by atoms with Gasteiger partial charge in [0.2, 0.25) is 5.58 Å². The monoisotopic (exact) mass is 437 g/mol. The van der Waals surface area contributed by atoms with Crippen LogP contribution in [-0.4, -0.2) is 67.6 Å². The highest BCUT2D eigenvalue weighted by molar-refractivity contribution is 5.90. The number of piperidine rings is 1. The lowest BCUT2D eigenvalue weighted by molar-refractivity contribution is 0.122. The van der Waals surface area contributed by atoms with Gasteiger partial charge in [-0.2, -0.15) is 0 Å². The van der Waals surface area contributed by atoms with E-state index in [-0.39, 0.29) is 6.03 Å². The summed E-state index contributed by atoms with van der Waals surface area (Å²) in [6.45, 7) is 4.71. The van der Waals surface area contributed by atoms with Crippen LogP contribution in [0.5, 0.6) is 0 Å². The van der Waals surface area contributed by atoms with Crippen LogP contribution in [0.1, 0.15) is 24.5 Å². The molecule has 4 heterocycles. The number of carbonyl (C=O) groups excluding carboxylic acids is 1. The van der Waals surface area contributed by atoms with Crippen LogP contribution in [-0.2, 0) is 4.74 Å². The van der Waals surface area contributed by atoms with E-state index in [1.807, 2.05) is 24.3 Å². The summed E-state index contributed by atoms with van der Waals surface area (Å²) in [5.74, 6) is 1.69. The fourth-order valence-electron chi connectivity index (χ4n) is 4.21. The van der Waals surface area contributed by atoms with Crippen LogP contribution in [0.2, 0.25) is 0 Å². The fourth-order valence-corrected chi connectivity index (χ4v) is 4.21. The number of nitrogens with one attached hydrogen (secondary N) is 3. The van der Waals surface area contributed by atoms with E-state index in [0.717, 1.165) is 61.6 Å². The van der Waals surface area contributed by atoms with Crippen molar-refractivity contribution in [2.75, 3.05) is 56.7 Å². The first-order valence-electron chi connectivity index (χ1n) is 11.0. The van der Waals surface area contributed by atoms with Crippen LogP contribution in [0.4, 0.5) is 16.3 Å². The molecule has 0 aliphatic carbocycles. The average molecular weight is 438 g/mol. The quantitative estimate of drug-likeness (QED) is 0.569. The number of nitrogens with zero attached hydrogens (tertiary/aromatic N) is 4. The maximum absolute atomic E-state index is 11.6. The van der Waals surface area contributed by atoms with Gasteiger partial charge in [0.25, 0.3) is 0 Å². The zero-order valence-electron chi connectivity index (χ0n) is 18.1. The van der Waals surface area contributed by atoms with E-state index in [1.54, 1.807) is 7.05 Å². The predicted octanol–water partition coefficient (Wildman–Crippen LogP) is 2.34. The van der Waals surface area contributed by atoms with Crippen molar-refractivity contribution in [3.63, 3.8) is 0 Å². The first kappa shape index (κ1) is 20.7. The number of morpholine rings is 1. The molecule has 0 unspecified atom stereocenters. The number of rotatable bonds is 4. The second kappa shape index (κ2) is 9.09. The molecule has 2 saturated heterocycles. The topological polar surface area (TPSA) is 117 Å². The van der Waals surface area contributed by atoms with Gasteiger partial charge in [-0.25, -0.2) is 14.8 Å². The maximum atomic E-state index is 11.6. The van der Waals surface area contributed by atoms with Gasteiger partial charge in [0.05, 0.1) is 13.2 Å². The van der Waals surface area contributed by atoms with Crippen molar-refractivity contribution in [3.05, 3.63) is 30.0 Å². The van der Waals surface area contributed by atoms with E-state index < -0.39 is 0 Å². The van der Waals surface area contributed by atoms with Gasteiger partial charge in [0.15, 0.2) is 11.6 Å². The van der Waals surface area contributed by atoms with Crippen LogP contribution in [0.15, 0.2) is 28.8 Å². The van der Waals surface area contributed by atoms with Crippen molar-refractivity contribution >= 4 is 28.6 Å². The summed E-state index contributed by atoms with van der Waals surface area (Å²) in [5.41, 5.74) is 3.90. The Morgan fingerprint density at radius 1 is 1.12 bits per heavy atom. The lowest BCUT2D eigenvalue weighted by Crippen LogP contribution is -2.37. The Balaban J connectivity index is 1.56. The second-order valence-corrected chi connectivity index (χ2v) is 8.02. The van der Waals surface area contributed by atoms with E-state index >= 15 is 0 Å².